The predicted molar refractivity (Wildman–Crippen MR) is 131 cm³/mol. The van der Waals surface area contributed by atoms with E-state index in [9.17, 15) is 14.4 Å². The largest absolute Gasteiger partial charge is 0.481 e. The summed E-state index contributed by atoms with van der Waals surface area (Å²) >= 11 is 0. The van der Waals surface area contributed by atoms with Crippen LogP contribution < -0.4 is 5.32 Å². The van der Waals surface area contributed by atoms with Gasteiger partial charge in [-0.3, -0.25) is 9.59 Å². The van der Waals surface area contributed by atoms with Crippen LogP contribution in [0.3, 0.4) is 0 Å². The van der Waals surface area contributed by atoms with Crippen LogP contribution in [0.5, 0.6) is 0 Å². The van der Waals surface area contributed by atoms with E-state index in [1.54, 1.807) is 11.8 Å². The highest BCUT2D eigenvalue weighted by Gasteiger charge is 2.40. The molecule has 2 N–H and O–H groups in total. The van der Waals surface area contributed by atoms with Crippen molar-refractivity contribution < 1.29 is 24.2 Å². The molecular weight excluding hydrogens is 444 g/mol. The average Bonchev–Trinajstić information content (AvgIpc) is 3.15. The number of rotatable bonds is 6. The Bertz CT molecular complexity index is 1080. The van der Waals surface area contributed by atoms with Crippen LogP contribution in [-0.2, 0) is 14.3 Å². The van der Waals surface area contributed by atoms with E-state index in [-0.39, 0.29) is 36.3 Å². The number of carbonyl (C=O) groups is 3. The van der Waals surface area contributed by atoms with Crippen molar-refractivity contribution in [2.75, 3.05) is 19.7 Å². The molecule has 5 rings (SSSR count). The molecule has 1 saturated carbocycles. The van der Waals surface area contributed by atoms with Gasteiger partial charge in [-0.05, 0) is 41.5 Å². The van der Waals surface area contributed by atoms with Gasteiger partial charge in [-0.15, -0.1) is 0 Å². The minimum atomic E-state index is -0.813. The zero-order valence-electron chi connectivity index (χ0n) is 20.0. The highest BCUT2D eigenvalue weighted by atomic mass is 16.5. The van der Waals surface area contributed by atoms with Crippen molar-refractivity contribution in [3.63, 3.8) is 0 Å². The highest BCUT2D eigenvalue weighted by Crippen LogP contribution is 2.44. The number of nitrogens with one attached hydrogen (secondary N) is 1. The fraction of sp³-hybridized carbons (Fsp3) is 0.464. The van der Waals surface area contributed by atoms with E-state index >= 15 is 0 Å². The average molecular weight is 477 g/mol. The topological polar surface area (TPSA) is 95.9 Å². The molecule has 1 heterocycles. The number of carbonyl (C=O) groups excluding carboxylic acids is 2. The second kappa shape index (κ2) is 9.72. The Labute approximate surface area is 205 Å². The van der Waals surface area contributed by atoms with Gasteiger partial charge in [0.05, 0.1) is 5.92 Å². The molecule has 3 atom stereocenters. The molecule has 1 aliphatic heterocycles. The number of hydrogen-bond donors (Lipinski definition) is 2. The first-order chi connectivity index (χ1) is 16.9. The number of alkyl carbamates (subject to hydrolysis) is 1. The first kappa shape index (κ1) is 23.4. The van der Waals surface area contributed by atoms with Gasteiger partial charge in [0.2, 0.25) is 5.91 Å². The van der Waals surface area contributed by atoms with Gasteiger partial charge in [0.25, 0.3) is 0 Å². The smallest absolute Gasteiger partial charge is 0.407 e. The number of carboxylic acids is 1. The maximum absolute atomic E-state index is 12.9. The fourth-order valence-corrected chi connectivity index (χ4v) is 5.82. The van der Waals surface area contributed by atoms with Crippen LogP contribution in [0, 0.1) is 17.8 Å². The number of carboxylic acid groups (broad SMARTS) is 1. The Morgan fingerprint density at radius 2 is 1.66 bits per heavy atom. The molecule has 0 radical (unpaired) electrons. The summed E-state index contributed by atoms with van der Waals surface area (Å²) in [5, 5.41) is 12.1. The molecule has 7 heteroatoms. The lowest BCUT2D eigenvalue weighted by Crippen LogP contribution is -2.56. The molecule has 0 spiro atoms. The second-order valence-electron chi connectivity index (χ2n) is 10.2. The summed E-state index contributed by atoms with van der Waals surface area (Å²) in [4.78, 5) is 38.5. The number of likely N-dealkylation sites (tertiary alicyclic amines) is 1. The lowest BCUT2D eigenvalue weighted by atomic mass is 9.81. The minimum Gasteiger partial charge on any atom is -0.481 e. The van der Waals surface area contributed by atoms with Crippen molar-refractivity contribution in [1.82, 2.24) is 10.2 Å². The third kappa shape index (κ3) is 4.64. The molecule has 7 nitrogen and oxygen atoms in total. The van der Waals surface area contributed by atoms with Gasteiger partial charge < -0.3 is 20.1 Å². The zero-order chi connectivity index (χ0) is 24.5. The standard InChI is InChI=1S/C28H32N2O5/c1-17(27(32)33)19-14-30(15-19)26(31)18-7-6-8-20(13-18)29-28(34)35-16-25-23-11-4-2-9-21(23)22-10-3-5-12-24(22)25/h2-5,9-12,17-20,25H,6-8,13-16H2,1H3,(H,29,34)(H,32,33)/t17?,18-,20+/m1/s1. The number of ether oxygens (including phenoxy) is 1. The van der Waals surface area contributed by atoms with Crippen LogP contribution in [0.4, 0.5) is 4.79 Å². The van der Waals surface area contributed by atoms with Gasteiger partial charge >= 0.3 is 12.1 Å². The maximum Gasteiger partial charge on any atom is 0.407 e. The predicted octanol–water partition coefficient (Wildman–Crippen LogP) is 4.26. The lowest BCUT2D eigenvalue weighted by molar-refractivity contribution is -0.153. The first-order valence-corrected chi connectivity index (χ1v) is 12.6. The van der Waals surface area contributed by atoms with E-state index in [0.717, 1.165) is 19.3 Å². The van der Waals surface area contributed by atoms with Crippen LogP contribution >= 0.6 is 0 Å². The molecule has 35 heavy (non-hydrogen) atoms. The molecule has 184 valence electrons. The Hall–Kier alpha value is -3.35. The number of fused-ring (bicyclic) bond motifs is 3. The lowest BCUT2D eigenvalue weighted by Gasteiger charge is -2.43. The summed E-state index contributed by atoms with van der Waals surface area (Å²) in [7, 11) is 0. The Balaban J connectivity index is 1.13. The molecule has 2 aromatic rings. The number of amides is 2. The first-order valence-electron chi connectivity index (χ1n) is 12.6. The van der Waals surface area contributed by atoms with E-state index < -0.39 is 18.0 Å². The summed E-state index contributed by atoms with van der Waals surface area (Å²) in [6, 6.07) is 16.4. The SMILES string of the molecule is CC(C(=O)O)C1CN(C(=O)[C@@H]2CCC[C@H](NC(=O)OCC3c4ccccc4-c4ccccc43)C2)C1. The van der Waals surface area contributed by atoms with Gasteiger partial charge in [0.15, 0.2) is 0 Å². The Morgan fingerprint density at radius 1 is 1.03 bits per heavy atom. The molecule has 3 aliphatic rings. The second-order valence-corrected chi connectivity index (χ2v) is 10.2. The van der Waals surface area contributed by atoms with Crippen molar-refractivity contribution >= 4 is 18.0 Å². The summed E-state index contributed by atoms with van der Waals surface area (Å²) in [5.74, 6) is -1.27. The molecule has 2 aliphatic carbocycles. The zero-order valence-corrected chi connectivity index (χ0v) is 20.0. The number of nitrogens with zero attached hydrogens (tertiary/aromatic N) is 1. The van der Waals surface area contributed by atoms with Crippen LogP contribution in [0.2, 0.25) is 0 Å². The Kier molecular flexibility index (Phi) is 6.50. The quantitative estimate of drug-likeness (QED) is 0.649. The van der Waals surface area contributed by atoms with Crippen LogP contribution in [0.15, 0.2) is 48.5 Å². The number of hydrogen-bond acceptors (Lipinski definition) is 4. The van der Waals surface area contributed by atoms with E-state index in [0.29, 0.717) is 19.5 Å². The molecule has 2 amide bonds. The van der Waals surface area contributed by atoms with Crippen LogP contribution in [0.1, 0.15) is 49.7 Å². The van der Waals surface area contributed by atoms with E-state index in [2.05, 4.69) is 29.6 Å². The third-order valence-electron chi connectivity index (χ3n) is 8.01. The normalized spacial score (nSPS) is 22.5. The molecule has 0 aromatic heterocycles. The van der Waals surface area contributed by atoms with Gasteiger partial charge in [-0.2, -0.15) is 0 Å². The Morgan fingerprint density at radius 3 is 2.29 bits per heavy atom. The van der Waals surface area contributed by atoms with E-state index in [4.69, 9.17) is 9.84 Å². The number of benzene rings is 2. The summed E-state index contributed by atoms with van der Waals surface area (Å²) in [6.45, 7) is 2.98. The van der Waals surface area contributed by atoms with Gasteiger partial charge in [0, 0.05) is 36.9 Å². The van der Waals surface area contributed by atoms with E-state index in [1.807, 2.05) is 24.3 Å². The monoisotopic (exact) mass is 476 g/mol. The van der Waals surface area contributed by atoms with Crippen molar-refractivity contribution in [2.45, 2.75) is 44.6 Å². The molecular formula is C28H32N2O5. The van der Waals surface area contributed by atoms with Crippen molar-refractivity contribution in [2.24, 2.45) is 17.8 Å². The molecule has 2 fully saturated rings. The van der Waals surface area contributed by atoms with Crippen molar-refractivity contribution in [3.05, 3.63) is 59.7 Å². The van der Waals surface area contributed by atoms with Crippen molar-refractivity contribution in [3.8, 4) is 11.1 Å². The fourth-order valence-electron chi connectivity index (χ4n) is 5.82. The highest BCUT2D eigenvalue weighted by molar-refractivity contribution is 5.81. The van der Waals surface area contributed by atoms with Gasteiger partial charge in [-0.25, -0.2) is 4.79 Å². The third-order valence-corrected chi connectivity index (χ3v) is 8.01. The summed E-state index contributed by atoms with van der Waals surface area (Å²) < 4.78 is 5.68. The molecule has 0 bridgehead atoms. The van der Waals surface area contributed by atoms with Gasteiger partial charge in [0.1, 0.15) is 6.61 Å². The van der Waals surface area contributed by atoms with Gasteiger partial charge in [-0.1, -0.05) is 61.9 Å². The summed E-state index contributed by atoms with van der Waals surface area (Å²) in [5.41, 5.74) is 4.73. The number of aliphatic carboxylic acids is 1. The van der Waals surface area contributed by atoms with E-state index in [1.165, 1.54) is 22.3 Å². The minimum absolute atomic E-state index is 0.0152. The summed E-state index contributed by atoms with van der Waals surface area (Å²) in [6.07, 6.45) is 2.65. The van der Waals surface area contributed by atoms with Crippen LogP contribution in [-0.4, -0.2) is 53.7 Å². The molecule has 1 saturated heterocycles. The van der Waals surface area contributed by atoms with Crippen molar-refractivity contribution in [1.29, 1.82) is 0 Å². The molecule has 2 aromatic carbocycles. The maximum atomic E-state index is 12.9. The molecule has 1 unspecified atom stereocenters. The van der Waals surface area contributed by atoms with Crippen LogP contribution in [0.25, 0.3) is 11.1 Å².